The monoisotopic (exact) mass is 296 g/mol. The second-order valence-electron chi connectivity index (χ2n) is 5.84. The molecule has 0 saturated heterocycles. The number of amides is 1. The summed E-state index contributed by atoms with van der Waals surface area (Å²) in [5.74, 6) is -0.00769. The zero-order chi connectivity index (χ0) is 15.5. The van der Waals surface area contributed by atoms with Crippen LogP contribution < -0.4 is 4.90 Å². The molecule has 0 atom stereocenters. The third-order valence-electron chi connectivity index (χ3n) is 3.62. The molecule has 0 bridgehead atoms. The van der Waals surface area contributed by atoms with E-state index in [1.54, 1.807) is 11.0 Å². The number of anilines is 1. The van der Waals surface area contributed by atoms with Crippen LogP contribution in [0.15, 0.2) is 18.2 Å². The molecule has 112 valence electrons. The van der Waals surface area contributed by atoms with Crippen LogP contribution in [-0.4, -0.2) is 36.5 Å². The smallest absolute Gasteiger partial charge is 0.257 e. The summed E-state index contributed by atoms with van der Waals surface area (Å²) in [4.78, 5) is 16.6. The topological polar surface area (TPSA) is 23.6 Å². The van der Waals surface area contributed by atoms with E-state index in [-0.39, 0.29) is 11.4 Å². The summed E-state index contributed by atoms with van der Waals surface area (Å²) in [6.07, 6.45) is 0. The van der Waals surface area contributed by atoms with Gasteiger partial charge in [-0.3, -0.25) is 4.79 Å². The van der Waals surface area contributed by atoms with Gasteiger partial charge in [-0.05, 0) is 46.8 Å². The van der Waals surface area contributed by atoms with Gasteiger partial charge in [0, 0.05) is 25.7 Å². The van der Waals surface area contributed by atoms with E-state index >= 15 is 0 Å². The van der Waals surface area contributed by atoms with E-state index in [2.05, 4.69) is 25.7 Å². The van der Waals surface area contributed by atoms with Gasteiger partial charge in [0.2, 0.25) is 0 Å². The zero-order valence-electron chi connectivity index (χ0n) is 13.3. The van der Waals surface area contributed by atoms with Crippen molar-refractivity contribution in [2.45, 2.75) is 40.2 Å². The van der Waals surface area contributed by atoms with Crippen molar-refractivity contribution in [1.29, 1.82) is 0 Å². The van der Waals surface area contributed by atoms with E-state index in [4.69, 9.17) is 11.6 Å². The average Bonchev–Trinajstić information content (AvgIpc) is 2.37. The summed E-state index contributed by atoms with van der Waals surface area (Å²) in [7, 11) is 1.99. The maximum atomic E-state index is 12.7. The van der Waals surface area contributed by atoms with E-state index in [9.17, 15) is 4.79 Å². The second-order valence-corrected chi connectivity index (χ2v) is 6.25. The molecule has 1 amide bonds. The molecule has 3 nitrogen and oxygen atoms in total. The average molecular weight is 297 g/mol. The van der Waals surface area contributed by atoms with Gasteiger partial charge in [0.15, 0.2) is 0 Å². The number of rotatable bonds is 4. The zero-order valence-corrected chi connectivity index (χ0v) is 14.1. The fourth-order valence-electron chi connectivity index (χ4n) is 2.03. The van der Waals surface area contributed by atoms with Gasteiger partial charge >= 0.3 is 0 Å². The lowest BCUT2D eigenvalue weighted by Crippen LogP contribution is -2.40. The van der Waals surface area contributed by atoms with E-state index < -0.39 is 0 Å². The molecule has 0 aliphatic heterocycles. The molecule has 0 fully saturated rings. The Bertz CT molecular complexity index is 476. The van der Waals surface area contributed by atoms with Crippen LogP contribution in [0.2, 0.25) is 5.02 Å². The van der Waals surface area contributed by atoms with Crippen LogP contribution in [0.1, 0.15) is 45.0 Å². The highest BCUT2D eigenvalue weighted by molar-refractivity contribution is 6.34. The summed E-state index contributed by atoms with van der Waals surface area (Å²) in [5.41, 5.74) is 1.39. The second kappa shape index (κ2) is 6.49. The highest BCUT2D eigenvalue weighted by Crippen LogP contribution is 2.31. The number of carbonyl (C=O) groups excluding carboxylic acids is 1. The standard InChI is InChI=1S/C16H25ClN2O/c1-7-19(8-2)15(20)14-12(17)10-9-11-13(14)18(6)16(3,4)5/h9-11H,7-8H2,1-6H3. The Balaban J connectivity index is 3.35. The van der Waals surface area contributed by atoms with Gasteiger partial charge in [-0.25, -0.2) is 0 Å². The van der Waals surface area contributed by atoms with Gasteiger partial charge in [0.05, 0.1) is 16.3 Å². The molecular weight excluding hydrogens is 272 g/mol. The molecule has 1 rings (SSSR count). The van der Waals surface area contributed by atoms with Crippen LogP contribution in [0.3, 0.4) is 0 Å². The summed E-state index contributed by atoms with van der Waals surface area (Å²) in [6.45, 7) is 11.6. The van der Waals surface area contributed by atoms with Crippen molar-refractivity contribution in [3.63, 3.8) is 0 Å². The summed E-state index contributed by atoms with van der Waals surface area (Å²) < 4.78 is 0. The summed E-state index contributed by atoms with van der Waals surface area (Å²) in [6, 6.07) is 5.62. The first-order valence-corrected chi connectivity index (χ1v) is 7.43. The molecule has 4 heteroatoms. The van der Waals surface area contributed by atoms with Gasteiger partial charge in [-0.2, -0.15) is 0 Å². The van der Waals surface area contributed by atoms with E-state index in [1.807, 2.05) is 33.0 Å². The molecule has 0 N–H and O–H groups in total. The van der Waals surface area contributed by atoms with E-state index in [0.29, 0.717) is 23.7 Å². The molecule has 1 aromatic carbocycles. The molecule has 0 heterocycles. The Morgan fingerprint density at radius 1 is 1.20 bits per heavy atom. The first kappa shape index (κ1) is 16.8. The predicted octanol–water partition coefficient (Wildman–Crippen LogP) is 4.06. The van der Waals surface area contributed by atoms with Crippen molar-refractivity contribution in [3.05, 3.63) is 28.8 Å². The van der Waals surface area contributed by atoms with Gasteiger partial charge in [-0.15, -0.1) is 0 Å². The van der Waals surface area contributed by atoms with Crippen LogP contribution >= 0.6 is 11.6 Å². The normalized spacial score (nSPS) is 11.3. The van der Waals surface area contributed by atoms with Crippen LogP contribution in [0.5, 0.6) is 0 Å². The minimum Gasteiger partial charge on any atom is -0.369 e. The lowest BCUT2D eigenvalue weighted by atomic mass is 10.0. The molecular formula is C16H25ClN2O. The number of hydrogen-bond donors (Lipinski definition) is 0. The van der Waals surface area contributed by atoms with Crippen molar-refractivity contribution in [1.82, 2.24) is 4.90 Å². The molecule has 20 heavy (non-hydrogen) atoms. The predicted molar refractivity (Wildman–Crippen MR) is 86.9 cm³/mol. The van der Waals surface area contributed by atoms with Crippen molar-refractivity contribution in [2.75, 3.05) is 25.0 Å². The van der Waals surface area contributed by atoms with Crippen LogP contribution in [-0.2, 0) is 0 Å². The third-order valence-corrected chi connectivity index (χ3v) is 3.94. The molecule has 0 spiro atoms. The number of nitrogens with zero attached hydrogens (tertiary/aromatic N) is 2. The maximum Gasteiger partial charge on any atom is 0.257 e. The number of benzene rings is 1. The largest absolute Gasteiger partial charge is 0.369 e. The SMILES string of the molecule is CCN(CC)C(=O)c1c(Cl)cccc1N(C)C(C)(C)C. The Morgan fingerprint density at radius 3 is 2.20 bits per heavy atom. The highest BCUT2D eigenvalue weighted by Gasteiger charge is 2.26. The maximum absolute atomic E-state index is 12.7. The first-order valence-electron chi connectivity index (χ1n) is 7.05. The Labute approximate surface area is 127 Å². The molecule has 0 radical (unpaired) electrons. The minimum absolute atomic E-state index is 0.00769. The quantitative estimate of drug-likeness (QED) is 0.836. The molecule has 0 saturated carbocycles. The van der Waals surface area contributed by atoms with E-state index in [1.165, 1.54) is 0 Å². The Kier molecular flexibility index (Phi) is 5.46. The van der Waals surface area contributed by atoms with Crippen molar-refractivity contribution < 1.29 is 4.79 Å². The van der Waals surface area contributed by atoms with Crippen LogP contribution in [0, 0.1) is 0 Å². The van der Waals surface area contributed by atoms with Crippen LogP contribution in [0.25, 0.3) is 0 Å². The van der Waals surface area contributed by atoms with Gasteiger partial charge in [0.25, 0.3) is 5.91 Å². The van der Waals surface area contributed by atoms with Gasteiger partial charge in [0.1, 0.15) is 0 Å². The summed E-state index contributed by atoms with van der Waals surface area (Å²) >= 11 is 6.30. The van der Waals surface area contributed by atoms with Crippen LogP contribution in [0.4, 0.5) is 5.69 Å². The molecule has 0 aliphatic rings. The van der Waals surface area contributed by atoms with Crippen molar-refractivity contribution in [2.24, 2.45) is 0 Å². The fraction of sp³-hybridized carbons (Fsp3) is 0.562. The van der Waals surface area contributed by atoms with Crippen molar-refractivity contribution in [3.8, 4) is 0 Å². The highest BCUT2D eigenvalue weighted by atomic mass is 35.5. The molecule has 1 aromatic rings. The Hall–Kier alpha value is -1.22. The molecule has 0 unspecified atom stereocenters. The van der Waals surface area contributed by atoms with Gasteiger partial charge in [-0.1, -0.05) is 17.7 Å². The summed E-state index contributed by atoms with van der Waals surface area (Å²) in [5, 5.41) is 0.510. The molecule has 0 aromatic heterocycles. The van der Waals surface area contributed by atoms with Gasteiger partial charge < -0.3 is 9.80 Å². The minimum atomic E-state index is -0.0804. The third kappa shape index (κ3) is 3.45. The van der Waals surface area contributed by atoms with E-state index in [0.717, 1.165) is 5.69 Å². The Morgan fingerprint density at radius 2 is 1.75 bits per heavy atom. The first-order chi connectivity index (χ1) is 9.23. The molecule has 0 aliphatic carbocycles. The number of carbonyl (C=O) groups is 1. The lowest BCUT2D eigenvalue weighted by molar-refractivity contribution is 0.0773. The fourth-order valence-corrected chi connectivity index (χ4v) is 2.28. The van der Waals surface area contributed by atoms with Crippen molar-refractivity contribution >= 4 is 23.2 Å². The number of halogens is 1. The lowest BCUT2D eigenvalue weighted by Gasteiger charge is -2.36. The number of hydrogen-bond acceptors (Lipinski definition) is 2.